The highest BCUT2D eigenvalue weighted by Crippen LogP contribution is 2.25. The molecule has 0 atom stereocenters. The fourth-order valence-corrected chi connectivity index (χ4v) is 3.66. The maximum absolute atomic E-state index is 12.7. The molecule has 0 bridgehead atoms. The summed E-state index contributed by atoms with van der Waals surface area (Å²) in [5.74, 6) is -0.982. The molecular formula is C20H20N4O4S. The predicted molar refractivity (Wildman–Crippen MR) is 111 cm³/mol. The molecule has 4 rings (SSSR count). The van der Waals surface area contributed by atoms with Gasteiger partial charge in [0, 0.05) is 42.8 Å². The van der Waals surface area contributed by atoms with Gasteiger partial charge in [0.2, 0.25) is 5.91 Å². The zero-order valence-corrected chi connectivity index (χ0v) is 16.7. The summed E-state index contributed by atoms with van der Waals surface area (Å²) < 4.78 is 7.15. The lowest BCUT2D eigenvalue weighted by molar-refractivity contribution is -0.135. The summed E-state index contributed by atoms with van der Waals surface area (Å²) in [6, 6.07) is 7.58. The molecule has 2 aromatic rings. The molecule has 8 nitrogen and oxygen atoms in total. The van der Waals surface area contributed by atoms with E-state index in [0.29, 0.717) is 31.9 Å². The van der Waals surface area contributed by atoms with E-state index in [1.54, 1.807) is 17.2 Å². The van der Waals surface area contributed by atoms with Gasteiger partial charge in [0.1, 0.15) is 12.1 Å². The molecule has 29 heavy (non-hydrogen) atoms. The second-order valence-corrected chi connectivity index (χ2v) is 7.29. The Labute approximate surface area is 172 Å². The van der Waals surface area contributed by atoms with E-state index in [1.807, 2.05) is 28.8 Å². The first-order valence-electron chi connectivity index (χ1n) is 9.24. The Kier molecular flexibility index (Phi) is 5.16. The molecule has 1 aromatic heterocycles. The van der Waals surface area contributed by atoms with Crippen LogP contribution in [-0.2, 0) is 25.7 Å². The third-order valence-corrected chi connectivity index (χ3v) is 5.47. The number of carbonyl (C=O) groups is 3. The van der Waals surface area contributed by atoms with E-state index >= 15 is 0 Å². The number of nitrogens with one attached hydrogen (secondary N) is 1. The lowest BCUT2D eigenvalue weighted by atomic mass is 10.1. The van der Waals surface area contributed by atoms with E-state index < -0.39 is 11.8 Å². The van der Waals surface area contributed by atoms with E-state index in [-0.39, 0.29) is 23.1 Å². The number of morpholine rings is 1. The van der Waals surface area contributed by atoms with Crippen LogP contribution in [0.15, 0.2) is 36.0 Å². The summed E-state index contributed by atoms with van der Waals surface area (Å²) in [5, 5.41) is 3.44. The monoisotopic (exact) mass is 412 g/mol. The number of nitrogens with zero attached hydrogens (tertiary/aromatic N) is 3. The van der Waals surface area contributed by atoms with E-state index in [2.05, 4.69) is 5.32 Å². The largest absolute Gasteiger partial charge is 0.378 e. The summed E-state index contributed by atoms with van der Waals surface area (Å²) in [4.78, 5) is 40.5. The number of carbonyl (C=O) groups excluding carboxylic acids is 3. The van der Waals surface area contributed by atoms with Gasteiger partial charge < -0.3 is 14.2 Å². The lowest BCUT2D eigenvalue weighted by Crippen LogP contribution is -2.52. The van der Waals surface area contributed by atoms with Crippen LogP contribution in [0.4, 0.5) is 0 Å². The normalized spacial score (nSPS) is 19.2. The van der Waals surface area contributed by atoms with Gasteiger partial charge in [0.25, 0.3) is 11.8 Å². The Morgan fingerprint density at radius 2 is 1.97 bits per heavy atom. The number of rotatable bonds is 3. The van der Waals surface area contributed by atoms with Crippen molar-refractivity contribution in [3.8, 4) is 0 Å². The van der Waals surface area contributed by atoms with Crippen molar-refractivity contribution in [3.63, 3.8) is 0 Å². The number of fused-ring (bicyclic) bond motifs is 1. The smallest absolute Gasteiger partial charge is 0.265 e. The number of thiocarbonyl (C=S) groups is 1. The number of hydrogen-bond donors (Lipinski definition) is 1. The molecular weight excluding hydrogens is 392 g/mol. The fourth-order valence-electron chi connectivity index (χ4n) is 3.48. The Bertz CT molecular complexity index is 1050. The van der Waals surface area contributed by atoms with Gasteiger partial charge in [0.15, 0.2) is 5.11 Å². The van der Waals surface area contributed by atoms with E-state index in [9.17, 15) is 14.4 Å². The van der Waals surface area contributed by atoms with Crippen LogP contribution in [0.5, 0.6) is 0 Å². The van der Waals surface area contributed by atoms with Crippen LogP contribution >= 0.6 is 12.2 Å². The Morgan fingerprint density at radius 3 is 2.72 bits per heavy atom. The van der Waals surface area contributed by atoms with Gasteiger partial charge in [-0.3, -0.25) is 24.6 Å². The highest BCUT2D eigenvalue weighted by Gasteiger charge is 2.31. The Morgan fingerprint density at radius 1 is 1.24 bits per heavy atom. The molecule has 9 heteroatoms. The highest BCUT2D eigenvalue weighted by molar-refractivity contribution is 7.80. The molecule has 3 heterocycles. The van der Waals surface area contributed by atoms with Gasteiger partial charge in [-0.1, -0.05) is 18.2 Å². The van der Waals surface area contributed by atoms with Gasteiger partial charge in [-0.05, 0) is 24.4 Å². The standard InChI is InChI=1S/C20H20N4O4S/c1-22-19(27)15(18(26)21-20(22)29)10-13-11-24(16-5-3-2-4-14(13)16)12-17(25)23-6-8-28-9-7-23/h2-5,10-11H,6-9,12H2,1H3,(H,21,26,29)/b15-10+. The molecule has 3 amide bonds. The molecule has 2 saturated heterocycles. The summed E-state index contributed by atoms with van der Waals surface area (Å²) in [6.45, 7) is 2.42. The van der Waals surface area contributed by atoms with Gasteiger partial charge in [-0.25, -0.2) is 0 Å². The zero-order valence-electron chi connectivity index (χ0n) is 15.9. The maximum Gasteiger partial charge on any atom is 0.265 e. The Balaban J connectivity index is 1.69. The van der Waals surface area contributed by atoms with Crippen LogP contribution in [0.1, 0.15) is 5.56 Å². The average molecular weight is 412 g/mol. The third-order valence-electron chi connectivity index (χ3n) is 5.09. The van der Waals surface area contributed by atoms with Gasteiger partial charge in [-0.2, -0.15) is 0 Å². The van der Waals surface area contributed by atoms with Crippen molar-refractivity contribution >= 4 is 52.0 Å². The molecule has 150 valence electrons. The number of hydrogen-bond acceptors (Lipinski definition) is 5. The molecule has 2 aliphatic rings. The lowest BCUT2D eigenvalue weighted by Gasteiger charge is -2.27. The molecule has 0 radical (unpaired) electrons. The minimum absolute atomic E-state index is 0.00325. The van der Waals surface area contributed by atoms with Crippen LogP contribution < -0.4 is 5.32 Å². The average Bonchev–Trinajstić information content (AvgIpc) is 3.07. The zero-order chi connectivity index (χ0) is 20.5. The maximum atomic E-state index is 12.7. The first kappa shape index (κ1) is 19.3. The minimum atomic E-state index is -0.528. The van der Waals surface area contributed by atoms with Crippen LogP contribution in [0.2, 0.25) is 0 Å². The number of ether oxygens (including phenoxy) is 1. The van der Waals surface area contributed by atoms with E-state index in [4.69, 9.17) is 17.0 Å². The number of para-hydroxylation sites is 1. The third kappa shape index (κ3) is 3.66. The topological polar surface area (TPSA) is 83.9 Å². The van der Waals surface area contributed by atoms with Crippen LogP contribution in [-0.4, -0.2) is 70.6 Å². The van der Waals surface area contributed by atoms with Crippen molar-refractivity contribution in [2.75, 3.05) is 33.4 Å². The van der Waals surface area contributed by atoms with Crippen molar-refractivity contribution < 1.29 is 19.1 Å². The first-order chi connectivity index (χ1) is 14.0. The van der Waals surface area contributed by atoms with Crippen LogP contribution in [0, 0.1) is 0 Å². The molecule has 2 aliphatic heterocycles. The van der Waals surface area contributed by atoms with Gasteiger partial charge >= 0.3 is 0 Å². The van der Waals surface area contributed by atoms with E-state index in [0.717, 1.165) is 10.9 Å². The fraction of sp³-hybridized carbons (Fsp3) is 0.300. The van der Waals surface area contributed by atoms with E-state index in [1.165, 1.54) is 11.9 Å². The first-order valence-corrected chi connectivity index (χ1v) is 9.65. The molecule has 0 unspecified atom stereocenters. The minimum Gasteiger partial charge on any atom is -0.378 e. The summed E-state index contributed by atoms with van der Waals surface area (Å²) in [7, 11) is 1.52. The summed E-state index contributed by atoms with van der Waals surface area (Å²) in [6.07, 6.45) is 3.34. The van der Waals surface area contributed by atoms with Crippen molar-refractivity contribution in [2.45, 2.75) is 6.54 Å². The van der Waals surface area contributed by atoms with Gasteiger partial charge in [-0.15, -0.1) is 0 Å². The van der Waals surface area contributed by atoms with Gasteiger partial charge in [0.05, 0.1) is 13.2 Å². The molecule has 0 saturated carbocycles. The summed E-state index contributed by atoms with van der Waals surface area (Å²) in [5.41, 5.74) is 1.55. The van der Waals surface area contributed by atoms with Crippen LogP contribution in [0.3, 0.4) is 0 Å². The molecule has 1 N–H and O–H groups in total. The van der Waals surface area contributed by atoms with Crippen LogP contribution in [0.25, 0.3) is 17.0 Å². The van der Waals surface area contributed by atoms with Crippen molar-refractivity contribution in [2.24, 2.45) is 0 Å². The quantitative estimate of drug-likeness (QED) is 0.457. The molecule has 2 fully saturated rings. The predicted octanol–water partition coefficient (Wildman–Crippen LogP) is 0.757. The van der Waals surface area contributed by atoms with Crippen molar-refractivity contribution in [1.29, 1.82) is 0 Å². The molecule has 1 aromatic carbocycles. The molecule has 0 aliphatic carbocycles. The number of likely N-dealkylation sites (N-methyl/N-ethyl adjacent to an activating group) is 1. The second-order valence-electron chi connectivity index (χ2n) is 6.90. The number of amides is 3. The van der Waals surface area contributed by atoms with Crippen molar-refractivity contribution in [1.82, 2.24) is 19.7 Å². The number of aromatic nitrogens is 1. The second kappa shape index (κ2) is 7.76. The van der Waals surface area contributed by atoms with Crippen molar-refractivity contribution in [3.05, 3.63) is 41.6 Å². The molecule has 0 spiro atoms. The number of benzene rings is 1. The SMILES string of the molecule is CN1C(=O)/C(=C/c2cn(CC(=O)N3CCOCC3)c3ccccc23)C(=O)NC1=S. The summed E-state index contributed by atoms with van der Waals surface area (Å²) >= 11 is 4.98. The Hall–Kier alpha value is -3.04. The highest BCUT2D eigenvalue weighted by atomic mass is 32.1.